The first-order chi connectivity index (χ1) is 12.9. The van der Waals surface area contributed by atoms with E-state index in [0.29, 0.717) is 6.04 Å². The SMILES string of the molecule is c1ccc(CN2CCC[C@H]2CN(c2ccccc2)c2ccccc2)cc1. The average molecular weight is 342 g/mol. The highest BCUT2D eigenvalue weighted by molar-refractivity contribution is 5.63. The molecule has 132 valence electrons. The van der Waals surface area contributed by atoms with Gasteiger partial charge in [0.2, 0.25) is 0 Å². The van der Waals surface area contributed by atoms with E-state index >= 15 is 0 Å². The van der Waals surface area contributed by atoms with Gasteiger partial charge in [0.15, 0.2) is 0 Å². The van der Waals surface area contributed by atoms with E-state index in [4.69, 9.17) is 0 Å². The van der Waals surface area contributed by atoms with Gasteiger partial charge in [0.05, 0.1) is 0 Å². The van der Waals surface area contributed by atoms with Crippen molar-refractivity contribution in [2.24, 2.45) is 0 Å². The van der Waals surface area contributed by atoms with Crippen LogP contribution in [0.25, 0.3) is 0 Å². The lowest BCUT2D eigenvalue weighted by Crippen LogP contribution is -2.38. The fraction of sp³-hybridized carbons (Fsp3) is 0.250. The Morgan fingerprint density at radius 2 is 1.27 bits per heavy atom. The van der Waals surface area contributed by atoms with Crippen LogP contribution in [0.2, 0.25) is 0 Å². The van der Waals surface area contributed by atoms with Crippen LogP contribution in [0.3, 0.4) is 0 Å². The van der Waals surface area contributed by atoms with Crippen LogP contribution in [0.1, 0.15) is 18.4 Å². The zero-order chi connectivity index (χ0) is 17.6. The molecule has 2 heteroatoms. The van der Waals surface area contributed by atoms with Gasteiger partial charge in [-0.1, -0.05) is 66.7 Å². The maximum Gasteiger partial charge on any atom is 0.0411 e. The van der Waals surface area contributed by atoms with Crippen LogP contribution in [-0.2, 0) is 6.54 Å². The monoisotopic (exact) mass is 342 g/mol. The van der Waals surface area contributed by atoms with Crippen LogP contribution in [0.5, 0.6) is 0 Å². The van der Waals surface area contributed by atoms with Crippen molar-refractivity contribution in [1.29, 1.82) is 0 Å². The van der Waals surface area contributed by atoms with Gasteiger partial charge >= 0.3 is 0 Å². The summed E-state index contributed by atoms with van der Waals surface area (Å²) in [5, 5.41) is 0. The van der Waals surface area contributed by atoms with Crippen LogP contribution in [0.15, 0.2) is 91.0 Å². The molecule has 4 rings (SSSR count). The molecule has 0 spiro atoms. The summed E-state index contributed by atoms with van der Waals surface area (Å²) in [5.74, 6) is 0. The summed E-state index contributed by atoms with van der Waals surface area (Å²) in [4.78, 5) is 5.11. The molecule has 1 saturated heterocycles. The molecule has 1 aliphatic heterocycles. The minimum Gasteiger partial charge on any atom is -0.340 e. The molecule has 3 aromatic rings. The van der Waals surface area contributed by atoms with Gasteiger partial charge in [-0.2, -0.15) is 0 Å². The lowest BCUT2D eigenvalue weighted by Gasteiger charge is -2.32. The smallest absolute Gasteiger partial charge is 0.0411 e. The molecule has 26 heavy (non-hydrogen) atoms. The van der Waals surface area contributed by atoms with Crippen LogP contribution >= 0.6 is 0 Å². The van der Waals surface area contributed by atoms with Gasteiger partial charge < -0.3 is 4.90 Å². The third-order valence-corrected chi connectivity index (χ3v) is 5.26. The Morgan fingerprint density at radius 1 is 0.731 bits per heavy atom. The molecule has 1 atom stereocenters. The third kappa shape index (κ3) is 3.97. The molecule has 3 aromatic carbocycles. The quantitative estimate of drug-likeness (QED) is 0.584. The van der Waals surface area contributed by atoms with Crippen LogP contribution in [0, 0.1) is 0 Å². The summed E-state index contributed by atoms with van der Waals surface area (Å²) in [6.07, 6.45) is 2.55. The second-order valence-corrected chi connectivity index (χ2v) is 7.03. The third-order valence-electron chi connectivity index (χ3n) is 5.26. The topological polar surface area (TPSA) is 6.48 Å². The minimum atomic E-state index is 0.579. The predicted octanol–water partition coefficient (Wildman–Crippen LogP) is 5.49. The van der Waals surface area contributed by atoms with E-state index in [1.165, 1.54) is 36.3 Å². The highest BCUT2D eigenvalue weighted by Gasteiger charge is 2.27. The Labute approximate surface area is 156 Å². The Morgan fingerprint density at radius 3 is 1.85 bits per heavy atom. The van der Waals surface area contributed by atoms with Crippen LogP contribution < -0.4 is 4.90 Å². The minimum absolute atomic E-state index is 0.579. The van der Waals surface area contributed by atoms with Crippen molar-refractivity contribution in [3.8, 4) is 0 Å². The molecule has 1 heterocycles. The Balaban J connectivity index is 1.55. The summed E-state index contributed by atoms with van der Waals surface area (Å²) >= 11 is 0. The highest BCUT2D eigenvalue weighted by Crippen LogP contribution is 2.29. The fourth-order valence-corrected chi connectivity index (χ4v) is 3.91. The average Bonchev–Trinajstić information content (AvgIpc) is 3.15. The van der Waals surface area contributed by atoms with Gasteiger partial charge in [-0.3, -0.25) is 4.90 Å². The molecule has 1 aliphatic rings. The lowest BCUT2D eigenvalue weighted by atomic mass is 10.1. The Hall–Kier alpha value is -2.58. The second kappa shape index (κ2) is 8.20. The van der Waals surface area contributed by atoms with E-state index in [1.807, 2.05) is 0 Å². The Kier molecular flexibility index (Phi) is 5.32. The van der Waals surface area contributed by atoms with Crippen molar-refractivity contribution < 1.29 is 0 Å². The van der Waals surface area contributed by atoms with Gasteiger partial charge in [0, 0.05) is 30.5 Å². The highest BCUT2D eigenvalue weighted by atomic mass is 15.2. The number of anilines is 2. The van der Waals surface area contributed by atoms with Crippen molar-refractivity contribution in [3.05, 3.63) is 96.6 Å². The summed E-state index contributed by atoms with van der Waals surface area (Å²) in [6.45, 7) is 3.26. The molecule has 0 aliphatic carbocycles. The largest absolute Gasteiger partial charge is 0.340 e. The van der Waals surface area contributed by atoms with Crippen LogP contribution in [0.4, 0.5) is 11.4 Å². The Bertz CT molecular complexity index is 747. The number of para-hydroxylation sites is 2. The first-order valence-corrected chi connectivity index (χ1v) is 9.56. The van der Waals surface area contributed by atoms with E-state index in [9.17, 15) is 0 Å². The van der Waals surface area contributed by atoms with E-state index in [2.05, 4.69) is 101 Å². The lowest BCUT2D eigenvalue weighted by molar-refractivity contribution is 0.250. The number of hydrogen-bond acceptors (Lipinski definition) is 2. The maximum atomic E-state index is 2.65. The van der Waals surface area contributed by atoms with E-state index < -0.39 is 0 Å². The van der Waals surface area contributed by atoms with Gasteiger partial charge in [-0.25, -0.2) is 0 Å². The molecule has 0 bridgehead atoms. The van der Waals surface area contributed by atoms with Gasteiger partial charge in [-0.15, -0.1) is 0 Å². The predicted molar refractivity (Wildman–Crippen MR) is 110 cm³/mol. The van der Waals surface area contributed by atoms with Gasteiger partial charge in [0.1, 0.15) is 0 Å². The normalized spacial score (nSPS) is 17.3. The molecule has 0 saturated carbocycles. The van der Waals surface area contributed by atoms with E-state index in [0.717, 1.165) is 13.1 Å². The van der Waals surface area contributed by atoms with Crippen molar-refractivity contribution in [2.45, 2.75) is 25.4 Å². The summed E-state index contributed by atoms with van der Waals surface area (Å²) in [5.41, 5.74) is 3.95. The molecule has 0 aromatic heterocycles. The maximum absolute atomic E-state index is 2.65. The second-order valence-electron chi connectivity index (χ2n) is 7.03. The standard InChI is InChI=1S/C24H26N2/c1-4-11-21(12-5-1)19-25-18-10-17-24(25)20-26(22-13-6-2-7-14-22)23-15-8-3-9-16-23/h1-9,11-16,24H,10,17-20H2/t24-/m0/s1. The first-order valence-electron chi connectivity index (χ1n) is 9.56. The van der Waals surface area contributed by atoms with E-state index in [-0.39, 0.29) is 0 Å². The summed E-state index contributed by atoms with van der Waals surface area (Å²) in [7, 11) is 0. The summed E-state index contributed by atoms with van der Waals surface area (Å²) in [6, 6.07) is 33.0. The zero-order valence-corrected chi connectivity index (χ0v) is 15.2. The zero-order valence-electron chi connectivity index (χ0n) is 15.2. The number of rotatable bonds is 6. The van der Waals surface area contributed by atoms with Crippen molar-refractivity contribution in [1.82, 2.24) is 4.90 Å². The number of hydrogen-bond donors (Lipinski definition) is 0. The molecular weight excluding hydrogens is 316 g/mol. The fourth-order valence-electron chi connectivity index (χ4n) is 3.91. The van der Waals surface area contributed by atoms with Crippen molar-refractivity contribution in [3.63, 3.8) is 0 Å². The van der Waals surface area contributed by atoms with Crippen LogP contribution in [-0.4, -0.2) is 24.0 Å². The summed E-state index contributed by atoms with van der Waals surface area (Å²) < 4.78 is 0. The molecule has 1 fully saturated rings. The molecule has 0 N–H and O–H groups in total. The molecule has 0 unspecified atom stereocenters. The molecule has 2 nitrogen and oxygen atoms in total. The van der Waals surface area contributed by atoms with Crippen molar-refractivity contribution in [2.75, 3.05) is 18.0 Å². The number of benzene rings is 3. The van der Waals surface area contributed by atoms with Gasteiger partial charge in [-0.05, 0) is 49.2 Å². The molecular formula is C24H26N2. The molecule has 0 amide bonds. The first kappa shape index (κ1) is 16.9. The number of nitrogens with zero attached hydrogens (tertiary/aromatic N) is 2. The molecule has 0 radical (unpaired) electrons. The van der Waals surface area contributed by atoms with E-state index in [1.54, 1.807) is 0 Å². The van der Waals surface area contributed by atoms with Crippen molar-refractivity contribution >= 4 is 11.4 Å². The van der Waals surface area contributed by atoms with Gasteiger partial charge in [0.25, 0.3) is 0 Å². The number of likely N-dealkylation sites (tertiary alicyclic amines) is 1.